The summed E-state index contributed by atoms with van der Waals surface area (Å²) in [5, 5.41) is 10.3. The number of fused-ring (bicyclic) bond motifs is 1. The molecular formula is C13H18O3. The summed E-state index contributed by atoms with van der Waals surface area (Å²) in [5.74, 6) is -0.258. The van der Waals surface area contributed by atoms with Crippen molar-refractivity contribution in [1.82, 2.24) is 0 Å². The summed E-state index contributed by atoms with van der Waals surface area (Å²) in [7, 11) is 1.41. The lowest BCUT2D eigenvalue weighted by Crippen LogP contribution is -2.39. The largest absolute Gasteiger partial charge is 0.466 e. The van der Waals surface area contributed by atoms with Crippen LogP contribution in [0.5, 0.6) is 0 Å². The van der Waals surface area contributed by atoms with Crippen molar-refractivity contribution in [2.75, 3.05) is 7.11 Å². The van der Waals surface area contributed by atoms with Crippen LogP contribution in [0.4, 0.5) is 0 Å². The van der Waals surface area contributed by atoms with Crippen LogP contribution in [-0.4, -0.2) is 23.8 Å². The minimum Gasteiger partial charge on any atom is -0.466 e. The maximum atomic E-state index is 11.6. The van der Waals surface area contributed by atoms with Crippen LogP contribution in [0.1, 0.15) is 32.6 Å². The SMILES string of the molecule is COC(=O)C1=C2CCC[C@](C)(O)[C@H]2C=CC1. The highest BCUT2D eigenvalue weighted by Gasteiger charge is 2.39. The number of allylic oxidation sites excluding steroid dienone is 1. The highest BCUT2D eigenvalue weighted by molar-refractivity contribution is 5.90. The van der Waals surface area contributed by atoms with Gasteiger partial charge in [0.1, 0.15) is 0 Å². The minimum absolute atomic E-state index is 0.0101. The highest BCUT2D eigenvalue weighted by atomic mass is 16.5. The van der Waals surface area contributed by atoms with Gasteiger partial charge in [0.15, 0.2) is 0 Å². The molecule has 0 unspecified atom stereocenters. The van der Waals surface area contributed by atoms with Gasteiger partial charge in [0.05, 0.1) is 12.7 Å². The van der Waals surface area contributed by atoms with E-state index in [1.807, 2.05) is 19.1 Å². The molecular weight excluding hydrogens is 204 g/mol. The smallest absolute Gasteiger partial charge is 0.334 e. The fraction of sp³-hybridized carbons (Fsp3) is 0.615. The van der Waals surface area contributed by atoms with Gasteiger partial charge in [-0.25, -0.2) is 4.79 Å². The summed E-state index contributed by atoms with van der Waals surface area (Å²) >= 11 is 0. The molecule has 0 spiro atoms. The van der Waals surface area contributed by atoms with Gasteiger partial charge in [0.25, 0.3) is 0 Å². The molecule has 0 heterocycles. The molecule has 3 heteroatoms. The van der Waals surface area contributed by atoms with Crippen LogP contribution in [0.3, 0.4) is 0 Å². The van der Waals surface area contributed by atoms with E-state index in [1.54, 1.807) is 0 Å². The molecule has 1 fully saturated rings. The number of ether oxygens (including phenoxy) is 1. The molecule has 0 aromatic rings. The summed E-state index contributed by atoms with van der Waals surface area (Å²) in [6.45, 7) is 1.85. The van der Waals surface area contributed by atoms with Crippen LogP contribution in [0.2, 0.25) is 0 Å². The van der Waals surface area contributed by atoms with Crippen LogP contribution < -0.4 is 0 Å². The van der Waals surface area contributed by atoms with E-state index in [9.17, 15) is 9.90 Å². The average Bonchev–Trinajstić information content (AvgIpc) is 2.27. The van der Waals surface area contributed by atoms with Crippen molar-refractivity contribution in [3.05, 3.63) is 23.3 Å². The molecule has 0 radical (unpaired) electrons. The fourth-order valence-electron chi connectivity index (χ4n) is 2.78. The third kappa shape index (κ3) is 1.80. The van der Waals surface area contributed by atoms with Crippen LogP contribution in [0.25, 0.3) is 0 Å². The first-order chi connectivity index (χ1) is 7.56. The molecule has 2 aliphatic rings. The van der Waals surface area contributed by atoms with Crippen molar-refractivity contribution in [2.24, 2.45) is 5.92 Å². The van der Waals surface area contributed by atoms with Gasteiger partial charge in [0, 0.05) is 11.5 Å². The van der Waals surface area contributed by atoms with Crippen LogP contribution in [0.15, 0.2) is 23.3 Å². The number of carbonyl (C=O) groups excluding carboxylic acids is 1. The van der Waals surface area contributed by atoms with Gasteiger partial charge in [-0.3, -0.25) is 0 Å². The van der Waals surface area contributed by atoms with E-state index in [0.29, 0.717) is 6.42 Å². The Morgan fingerprint density at radius 3 is 3.06 bits per heavy atom. The van der Waals surface area contributed by atoms with Gasteiger partial charge in [-0.1, -0.05) is 12.2 Å². The van der Waals surface area contributed by atoms with Crippen LogP contribution in [0, 0.1) is 5.92 Å². The molecule has 3 nitrogen and oxygen atoms in total. The second kappa shape index (κ2) is 4.06. The number of carbonyl (C=O) groups is 1. The van der Waals surface area contributed by atoms with Crippen molar-refractivity contribution < 1.29 is 14.6 Å². The van der Waals surface area contributed by atoms with Gasteiger partial charge >= 0.3 is 5.97 Å². The van der Waals surface area contributed by atoms with Gasteiger partial charge in [-0.15, -0.1) is 0 Å². The number of methoxy groups -OCH3 is 1. The maximum absolute atomic E-state index is 11.6. The predicted octanol–water partition coefficient (Wildman–Crippen LogP) is 1.97. The molecule has 0 bridgehead atoms. The highest BCUT2D eigenvalue weighted by Crippen LogP contribution is 2.42. The number of hydrogen-bond donors (Lipinski definition) is 1. The first-order valence-electron chi connectivity index (χ1n) is 5.75. The molecule has 88 valence electrons. The van der Waals surface area contributed by atoms with E-state index in [2.05, 4.69) is 0 Å². The standard InChI is InChI=1S/C13H18O3/c1-13(15)8-4-6-9-10(12(14)16-2)5-3-7-11(9)13/h3,7,11,15H,4-6,8H2,1-2H3/t11-,13-/m0/s1. The Kier molecular flexibility index (Phi) is 2.89. The van der Waals surface area contributed by atoms with E-state index in [0.717, 1.165) is 30.4 Å². The van der Waals surface area contributed by atoms with Crippen molar-refractivity contribution >= 4 is 5.97 Å². The molecule has 0 aromatic carbocycles. The number of hydrogen-bond acceptors (Lipinski definition) is 3. The molecule has 0 amide bonds. The summed E-state index contributed by atoms with van der Waals surface area (Å²) in [6, 6.07) is 0. The summed E-state index contributed by atoms with van der Waals surface area (Å²) in [6.07, 6.45) is 7.25. The second-order valence-electron chi connectivity index (χ2n) is 4.82. The van der Waals surface area contributed by atoms with E-state index < -0.39 is 5.60 Å². The average molecular weight is 222 g/mol. The Hall–Kier alpha value is -1.09. The summed E-state index contributed by atoms with van der Waals surface area (Å²) in [4.78, 5) is 11.6. The molecule has 1 N–H and O–H groups in total. The van der Waals surface area contributed by atoms with Crippen molar-refractivity contribution in [3.63, 3.8) is 0 Å². The Bertz CT molecular complexity index is 363. The minimum atomic E-state index is -0.718. The van der Waals surface area contributed by atoms with Gasteiger partial charge in [-0.2, -0.15) is 0 Å². The normalized spacial score (nSPS) is 33.6. The van der Waals surface area contributed by atoms with Crippen molar-refractivity contribution in [1.29, 1.82) is 0 Å². The monoisotopic (exact) mass is 222 g/mol. The zero-order valence-corrected chi connectivity index (χ0v) is 9.82. The van der Waals surface area contributed by atoms with Gasteiger partial charge < -0.3 is 9.84 Å². The molecule has 2 aliphatic carbocycles. The van der Waals surface area contributed by atoms with Gasteiger partial charge in [-0.05, 0) is 38.2 Å². The van der Waals surface area contributed by atoms with E-state index in [1.165, 1.54) is 7.11 Å². The number of esters is 1. The van der Waals surface area contributed by atoms with Crippen LogP contribution >= 0.6 is 0 Å². The van der Waals surface area contributed by atoms with Crippen LogP contribution in [-0.2, 0) is 9.53 Å². The Morgan fingerprint density at radius 1 is 1.62 bits per heavy atom. The molecule has 0 aliphatic heterocycles. The zero-order valence-electron chi connectivity index (χ0n) is 9.82. The molecule has 16 heavy (non-hydrogen) atoms. The number of rotatable bonds is 1. The lowest BCUT2D eigenvalue weighted by atomic mass is 9.69. The molecule has 0 saturated heterocycles. The zero-order chi connectivity index (χ0) is 11.8. The lowest BCUT2D eigenvalue weighted by Gasteiger charge is -2.39. The fourth-order valence-corrected chi connectivity index (χ4v) is 2.78. The molecule has 1 saturated carbocycles. The third-order valence-corrected chi connectivity index (χ3v) is 3.64. The summed E-state index contributed by atoms with van der Waals surface area (Å²) < 4.78 is 4.79. The summed E-state index contributed by atoms with van der Waals surface area (Å²) in [5.41, 5.74) is 1.10. The predicted molar refractivity (Wildman–Crippen MR) is 60.8 cm³/mol. The Balaban J connectivity index is 2.38. The van der Waals surface area contributed by atoms with E-state index in [-0.39, 0.29) is 11.9 Å². The topological polar surface area (TPSA) is 46.5 Å². The first kappa shape index (κ1) is 11.4. The maximum Gasteiger partial charge on any atom is 0.334 e. The first-order valence-corrected chi connectivity index (χ1v) is 5.75. The number of aliphatic hydroxyl groups is 1. The van der Waals surface area contributed by atoms with E-state index in [4.69, 9.17) is 4.74 Å². The molecule has 2 atom stereocenters. The third-order valence-electron chi connectivity index (χ3n) is 3.64. The lowest BCUT2D eigenvalue weighted by molar-refractivity contribution is -0.136. The molecule has 2 rings (SSSR count). The Morgan fingerprint density at radius 2 is 2.38 bits per heavy atom. The quantitative estimate of drug-likeness (QED) is 0.545. The van der Waals surface area contributed by atoms with E-state index >= 15 is 0 Å². The van der Waals surface area contributed by atoms with Gasteiger partial charge in [0.2, 0.25) is 0 Å². The molecule has 0 aromatic heterocycles. The van der Waals surface area contributed by atoms with Crippen molar-refractivity contribution in [3.8, 4) is 0 Å². The second-order valence-corrected chi connectivity index (χ2v) is 4.82. The Labute approximate surface area is 95.8 Å². The van der Waals surface area contributed by atoms with Crippen molar-refractivity contribution in [2.45, 2.75) is 38.2 Å².